The Labute approximate surface area is 121 Å². The zero-order valence-corrected chi connectivity index (χ0v) is 12.5. The van der Waals surface area contributed by atoms with E-state index in [2.05, 4.69) is 55.3 Å². The fourth-order valence-electron chi connectivity index (χ4n) is 2.92. The molecule has 1 N–H and O–H groups in total. The summed E-state index contributed by atoms with van der Waals surface area (Å²) < 4.78 is 0. The summed E-state index contributed by atoms with van der Waals surface area (Å²) in [4.78, 5) is 4.27. The molecule has 0 saturated carbocycles. The lowest BCUT2D eigenvalue weighted by Crippen LogP contribution is -2.19. The van der Waals surface area contributed by atoms with E-state index >= 15 is 0 Å². The zero-order valence-electron chi connectivity index (χ0n) is 12.5. The largest absolute Gasteiger partial charge is 0.384 e. The van der Waals surface area contributed by atoms with Crippen LogP contribution in [-0.2, 0) is 18.3 Å². The zero-order chi connectivity index (χ0) is 14.2. The summed E-state index contributed by atoms with van der Waals surface area (Å²) in [5.74, 6) is 0. The first-order valence-electron chi connectivity index (χ1n) is 7.32. The third kappa shape index (κ3) is 2.55. The van der Waals surface area contributed by atoms with E-state index in [0.717, 1.165) is 19.4 Å². The number of nitrogens with one attached hydrogen (secondary N) is 1. The fourth-order valence-corrected chi connectivity index (χ4v) is 2.92. The molecule has 0 unspecified atom stereocenters. The second-order valence-electron chi connectivity index (χ2n) is 6.49. The number of hydrogen-bond acceptors (Lipinski definition) is 2. The molecule has 0 radical (unpaired) electrons. The van der Waals surface area contributed by atoms with Crippen LogP contribution < -0.4 is 5.32 Å². The van der Waals surface area contributed by atoms with Crippen molar-refractivity contribution in [3.63, 3.8) is 0 Å². The molecule has 2 heterocycles. The lowest BCUT2D eigenvalue weighted by Gasteiger charge is -2.17. The minimum atomic E-state index is 0.246. The van der Waals surface area contributed by atoms with Gasteiger partial charge in [-0.15, -0.1) is 0 Å². The van der Waals surface area contributed by atoms with Crippen LogP contribution in [0.3, 0.4) is 0 Å². The predicted octanol–water partition coefficient (Wildman–Crippen LogP) is 3.88. The molecule has 0 atom stereocenters. The van der Waals surface area contributed by atoms with Gasteiger partial charge in [0.25, 0.3) is 0 Å². The maximum atomic E-state index is 4.27. The van der Waals surface area contributed by atoms with Crippen LogP contribution in [0.5, 0.6) is 0 Å². The van der Waals surface area contributed by atoms with E-state index in [4.69, 9.17) is 0 Å². The molecule has 0 fully saturated rings. The van der Waals surface area contributed by atoms with Crippen LogP contribution in [0.1, 0.15) is 36.1 Å². The smallest absolute Gasteiger partial charge is 0.0379 e. The first-order chi connectivity index (χ1) is 9.54. The highest BCUT2D eigenvalue weighted by atomic mass is 14.9. The van der Waals surface area contributed by atoms with E-state index in [1.54, 1.807) is 0 Å². The summed E-state index contributed by atoms with van der Waals surface area (Å²) >= 11 is 0. The molecule has 0 aliphatic carbocycles. The number of aromatic nitrogens is 1. The van der Waals surface area contributed by atoms with Crippen LogP contribution in [0.15, 0.2) is 36.7 Å². The van der Waals surface area contributed by atoms with Crippen molar-refractivity contribution in [3.05, 3.63) is 58.9 Å². The van der Waals surface area contributed by atoms with Gasteiger partial charge >= 0.3 is 0 Å². The molecular weight excluding hydrogens is 244 g/mol. The Morgan fingerprint density at radius 3 is 2.70 bits per heavy atom. The second-order valence-corrected chi connectivity index (χ2v) is 6.49. The third-order valence-electron chi connectivity index (χ3n) is 4.17. The van der Waals surface area contributed by atoms with Crippen LogP contribution in [0, 0.1) is 6.92 Å². The van der Waals surface area contributed by atoms with Crippen LogP contribution in [0.2, 0.25) is 0 Å². The molecule has 1 aliphatic rings. The highest BCUT2D eigenvalue weighted by Gasteiger charge is 2.29. The van der Waals surface area contributed by atoms with Gasteiger partial charge in [-0.05, 0) is 48.1 Å². The SMILES string of the molecule is Cc1cncc(CCc2ccc3c(c2)C(C)(C)CN3)c1. The molecule has 2 aromatic rings. The Bertz CT molecular complexity index is 629. The van der Waals surface area contributed by atoms with Gasteiger partial charge < -0.3 is 5.32 Å². The van der Waals surface area contributed by atoms with Crippen molar-refractivity contribution in [1.29, 1.82) is 0 Å². The van der Waals surface area contributed by atoms with Gasteiger partial charge in [0.1, 0.15) is 0 Å². The topological polar surface area (TPSA) is 24.9 Å². The van der Waals surface area contributed by atoms with E-state index in [-0.39, 0.29) is 5.41 Å². The number of pyridine rings is 1. The Morgan fingerprint density at radius 2 is 1.90 bits per heavy atom. The summed E-state index contributed by atoms with van der Waals surface area (Å²) in [6, 6.07) is 9.08. The summed E-state index contributed by atoms with van der Waals surface area (Å²) in [6.45, 7) is 7.74. The maximum Gasteiger partial charge on any atom is 0.0379 e. The molecule has 3 rings (SSSR count). The summed E-state index contributed by atoms with van der Waals surface area (Å²) in [6.07, 6.45) is 6.02. The Kier molecular flexibility index (Phi) is 3.25. The van der Waals surface area contributed by atoms with Crippen LogP contribution in [0.25, 0.3) is 0 Å². The molecule has 1 aromatic carbocycles. The average Bonchev–Trinajstić information content (AvgIpc) is 2.72. The van der Waals surface area contributed by atoms with Gasteiger partial charge in [-0.25, -0.2) is 0 Å². The monoisotopic (exact) mass is 266 g/mol. The first-order valence-corrected chi connectivity index (χ1v) is 7.32. The van der Waals surface area contributed by atoms with Gasteiger partial charge in [-0.1, -0.05) is 32.0 Å². The number of hydrogen-bond donors (Lipinski definition) is 1. The van der Waals surface area contributed by atoms with Gasteiger partial charge in [-0.3, -0.25) is 4.98 Å². The van der Waals surface area contributed by atoms with Crippen molar-refractivity contribution in [2.24, 2.45) is 0 Å². The molecule has 0 amide bonds. The molecule has 1 aromatic heterocycles. The quantitative estimate of drug-likeness (QED) is 0.912. The number of fused-ring (bicyclic) bond motifs is 1. The van der Waals surface area contributed by atoms with Crippen molar-refractivity contribution < 1.29 is 0 Å². The molecule has 2 heteroatoms. The molecular formula is C18H22N2. The van der Waals surface area contributed by atoms with Crippen molar-refractivity contribution in [1.82, 2.24) is 4.98 Å². The molecule has 0 saturated heterocycles. The first kappa shape index (κ1) is 13.2. The number of benzene rings is 1. The van der Waals surface area contributed by atoms with Gasteiger partial charge in [-0.2, -0.15) is 0 Å². The summed E-state index contributed by atoms with van der Waals surface area (Å²) in [7, 11) is 0. The standard InChI is InChI=1S/C18H22N2/c1-13-8-15(11-19-10-13)5-4-14-6-7-17-16(9-14)18(2,3)12-20-17/h6-11,20H,4-5,12H2,1-3H3. The minimum Gasteiger partial charge on any atom is -0.384 e. The molecule has 2 nitrogen and oxygen atoms in total. The second kappa shape index (κ2) is 4.93. The van der Waals surface area contributed by atoms with Crippen LogP contribution >= 0.6 is 0 Å². The van der Waals surface area contributed by atoms with Gasteiger partial charge in [0, 0.05) is 30.0 Å². The molecule has 104 valence electrons. The maximum absolute atomic E-state index is 4.27. The lowest BCUT2D eigenvalue weighted by atomic mass is 9.85. The summed E-state index contributed by atoms with van der Waals surface area (Å²) in [5, 5.41) is 3.49. The molecule has 20 heavy (non-hydrogen) atoms. The van der Waals surface area contributed by atoms with Crippen LogP contribution in [0.4, 0.5) is 5.69 Å². The van der Waals surface area contributed by atoms with E-state index in [0.29, 0.717) is 0 Å². The van der Waals surface area contributed by atoms with Crippen molar-refractivity contribution in [2.45, 2.75) is 39.0 Å². The van der Waals surface area contributed by atoms with E-state index in [9.17, 15) is 0 Å². The predicted molar refractivity (Wildman–Crippen MR) is 84.3 cm³/mol. The molecule has 1 aliphatic heterocycles. The average molecular weight is 266 g/mol. The Balaban J connectivity index is 1.76. The van der Waals surface area contributed by atoms with Crippen LogP contribution in [-0.4, -0.2) is 11.5 Å². The number of nitrogens with zero attached hydrogens (tertiary/aromatic N) is 1. The Morgan fingerprint density at radius 1 is 1.10 bits per heavy atom. The van der Waals surface area contributed by atoms with E-state index < -0.39 is 0 Å². The van der Waals surface area contributed by atoms with Crippen molar-refractivity contribution in [2.75, 3.05) is 11.9 Å². The number of anilines is 1. The highest BCUT2D eigenvalue weighted by molar-refractivity contribution is 5.60. The number of aryl methyl sites for hydroxylation is 3. The van der Waals surface area contributed by atoms with Gasteiger partial charge in [0.15, 0.2) is 0 Å². The van der Waals surface area contributed by atoms with Gasteiger partial charge in [0.05, 0.1) is 0 Å². The third-order valence-corrected chi connectivity index (χ3v) is 4.17. The normalized spacial score (nSPS) is 15.8. The number of rotatable bonds is 3. The lowest BCUT2D eigenvalue weighted by molar-refractivity contribution is 0.585. The van der Waals surface area contributed by atoms with E-state index in [1.165, 1.54) is 27.9 Å². The minimum absolute atomic E-state index is 0.246. The van der Waals surface area contributed by atoms with Crippen molar-refractivity contribution in [3.8, 4) is 0 Å². The summed E-state index contributed by atoms with van der Waals surface area (Å²) in [5.41, 5.74) is 6.98. The molecule has 0 bridgehead atoms. The van der Waals surface area contributed by atoms with Gasteiger partial charge in [0.2, 0.25) is 0 Å². The Hall–Kier alpha value is -1.83. The fraction of sp³-hybridized carbons (Fsp3) is 0.389. The molecule has 0 spiro atoms. The van der Waals surface area contributed by atoms with E-state index in [1.807, 2.05) is 12.4 Å². The highest BCUT2D eigenvalue weighted by Crippen LogP contribution is 2.36. The van der Waals surface area contributed by atoms with Crippen molar-refractivity contribution >= 4 is 5.69 Å².